The molecule has 1 fully saturated rings. The smallest absolute Gasteiger partial charge is 0.242 e. The molecule has 26 heavy (non-hydrogen) atoms. The summed E-state index contributed by atoms with van der Waals surface area (Å²) in [6, 6.07) is 13.2. The Morgan fingerprint density at radius 3 is 2.65 bits per heavy atom. The van der Waals surface area contributed by atoms with Gasteiger partial charge in [0.15, 0.2) is 0 Å². The molecule has 1 aromatic carbocycles. The van der Waals surface area contributed by atoms with Gasteiger partial charge >= 0.3 is 0 Å². The van der Waals surface area contributed by atoms with Crippen molar-refractivity contribution in [2.75, 3.05) is 21.7 Å². The number of ketones is 1. The van der Waals surface area contributed by atoms with Crippen LogP contribution < -0.4 is 15.1 Å². The Morgan fingerprint density at radius 2 is 1.96 bits per heavy atom. The van der Waals surface area contributed by atoms with E-state index in [1.165, 1.54) is 6.92 Å². The fourth-order valence-corrected chi connectivity index (χ4v) is 4.11. The van der Waals surface area contributed by atoms with Crippen molar-refractivity contribution < 1.29 is 9.59 Å². The van der Waals surface area contributed by atoms with Gasteiger partial charge in [0.05, 0.1) is 17.4 Å². The molecule has 0 bridgehead atoms. The van der Waals surface area contributed by atoms with Crippen LogP contribution >= 0.6 is 0 Å². The first-order chi connectivity index (χ1) is 12.6. The Labute approximate surface area is 152 Å². The Morgan fingerprint density at radius 1 is 1.19 bits per heavy atom. The zero-order valence-corrected chi connectivity index (χ0v) is 14.9. The van der Waals surface area contributed by atoms with E-state index in [4.69, 9.17) is 0 Å². The van der Waals surface area contributed by atoms with Crippen LogP contribution in [0.3, 0.4) is 0 Å². The molecule has 6 heteroatoms. The van der Waals surface area contributed by atoms with Gasteiger partial charge in [-0.1, -0.05) is 25.1 Å². The van der Waals surface area contributed by atoms with E-state index >= 15 is 0 Å². The van der Waals surface area contributed by atoms with Gasteiger partial charge in [-0.15, -0.1) is 0 Å². The summed E-state index contributed by atoms with van der Waals surface area (Å²) in [5.41, 5.74) is 2.01. The van der Waals surface area contributed by atoms with Crippen LogP contribution in [0, 0.1) is 5.92 Å². The number of fused-ring (bicyclic) bond motifs is 2. The molecule has 6 nitrogen and oxygen atoms in total. The number of pyridine rings is 1. The van der Waals surface area contributed by atoms with E-state index in [-0.39, 0.29) is 23.9 Å². The van der Waals surface area contributed by atoms with Gasteiger partial charge in [0, 0.05) is 12.7 Å². The summed E-state index contributed by atoms with van der Waals surface area (Å²) < 4.78 is 0. The van der Waals surface area contributed by atoms with Gasteiger partial charge in [-0.3, -0.25) is 14.5 Å². The first-order valence-corrected chi connectivity index (χ1v) is 9.00. The molecule has 1 saturated heterocycles. The molecule has 0 saturated carbocycles. The Hall–Kier alpha value is -2.89. The summed E-state index contributed by atoms with van der Waals surface area (Å²) in [6.45, 7) is 4.40. The third-order valence-corrected chi connectivity index (χ3v) is 5.12. The topological polar surface area (TPSA) is 65.5 Å². The van der Waals surface area contributed by atoms with Gasteiger partial charge in [-0.2, -0.15) is 0 Å². The molecular formula is C20H22N4O2. The van der Waals surface area contributed by atoms with Gasteiger partial charge in [0.25, 0.3) is 0 Å². The average Bonchev–Trinajstić information content (AvgIpc) is 2.94. The van der Waals surface area contributed by atoms with Crippen LogP contribution in [0.15, 0.2) is 48.7 Å². The highest BCUT2D eigenvalue weighted by Gasteiger charge is 2.55. The van der Waals surface area contributed by atoms with Crippen molar-refractivity contribution >= 4 is 28.9 Å². The Balaban J connectivity index is 1.86. The quantitative estimate of drug-likeness (QED) is 0.859. The monoisotopic (exact) mass is 350 g/mol. The molecule has 2 aromatic rings. The fraction of sp³-hybridized carbons (Fsp3) is 0.350. The molecule has 3 heterocycles. The van der Waals surface area contributed by atoms with Crippen LogP contribution in [0.5, 0.6) is 0 Å². The van der Waals surface area contributed by atoms with Crippen molar-refractivity contribution in [3.05, 3.63) is 48.7 Å². The summed E-state index contributed by atoms with van der Waals surface area (Å²) in [7, 11) is 0. The van der Waals surface area contributed by atoms with Crippen LogP contribution in [0.25, 0.3) is 0 Å². The largest absolute Gasteiger partial charge is 0.362 e. The van der Waals surface area contributed by atoms with Gasteiger partial charge < -0.3 is 10.2 Å². The molecule has 0 unspecified atom stereocenters. The number of anilines is 3. The maximum Gasteiger partial charge on any atom is 0.242 e. The number of hydrogen-bond donors (Lipinski definition) is 1. The van der Waals surface area contributed by atoms with E-state index in [0.717, 1.165) is 24.3 Å². The SMILES string of the molecule is CCCN1c2ccccc2N[C@H]2[C@@H]1[C@H](C(C)=O)C(=O)N2c1ccccn1. The average molecular weight is 350 g/mol. The van der Waals surface area contributed by atoms with Crippen LogP contribution in [-0.2, 0) is 9.59 Å². The van der Waals surface area contributed by atoms with Gasteiger partial charge in [-0.25, -0.2) is 4.98 Å². The summed E-state index contributed by atoms with van der Waals surface area (Å²) in [4.78, 5) is 33.9. The highest BCUT2D eigenvalue weighted by atomic mass is 16.2. The second kappa shape index (κ2) is 6.44. The van der Waals surface area contributed by atoms with Gasteiger partial charge in [-0.05, 0) is 37.6 Å². The van der Waals surface area contributed by atoms with Crippen molar-refractivity contribution in [3.63, 3.8) is 0 Å². The molecule has 2 aliphatic heterocycles. The van der Waals surface area contributed by atoms with Crippen LogP contribution in [-0.4, -0.2) is 35.4 Å². The van der Waals surface area contributed by atoms with E-state index in [0.29, 0.717) is 5.82 Å². The van der Waals surface area contributed by atoms with Crippen molar-refractivity contribution in [2.24, 2.45) is 5.92 Å². The predicted molar refractivity (Wildman–Crippen MR) is 101 cm³/mol. The van der Waals surface area contributed by atoms with E-state index in [1.807, 2.05) is 42.5 Å². The lowest BCUT2D eigenvalue weighted by Crippen LogP contribution is -2.55. The minimum Gasteiger partial charge on any atom is -0.362 e. The summed E-state index contributed by atoms with van der Waals surface area (Å²) in [5, 5.41) is 3.48. The zero-order chi connectivity index (χ0) is 18.3. The number of nitrogens with zero attached hydrogens (tertiary/aromatic N) is 3. The Bertz CT molecular complexity index is 839. The van der Waals surface area contributed by atoms with Crippen LogP contribution in [0.1, 0.15) is 20.3 Å². The number of Topliss-reactive ketones (excluding diaryl/α,β-unsaturated/α-hetero) is 1. The molecule has 0 spiro atoms. The van der Waals surface area contributed by atoms with E-state index in [9.17, 15) is 9.59 Å². The zero-order valence-electron chi connectivity index (χ0n) is 14.9. The van der Waals surface area contributed by atoms with Crippen LogP contribution in [0.4, 0.5) is 17.2 Å². The lowest BCUT2D eigenvalue weighted by Gasteiger charge is -2.43. The van der Waals surface area contributed by atoms with Crippen molar-refractivity contribution in [1.82, 2.24) is 4.98 Å². The summed E-state index contributed by atoms with van der Waals surface area (Å²) in [6.07, 6.45) is 2.27. The van der Waals surface area contributed by atoms with Gasteiger partial charge in [0.1, 0.15) is 23.7 Å². The van der Waals surface area contributed by atoms with E-state index in [1.54, 1.807) is 11.1 Å². The van der Waals surface area contributed by atoms with E-state index in [2.05, 4.69) is 22.1 Å². The molecule has 1 aromatic heterocycles. The van der Waals surface area contributed by atoms with Crippen molar-refractivity contribution in [1.29, 1.82) is 0 Å². The molecule has 1 amide bonds. The number of benzene rings is 1. The molecule has 0 radical (unpaired) electrons. The minimum absolute atomic E-state index is 0.106. The van der Waals surface area contributed by atoms with E-state index < -0.39 is 5.92 Å². The number of para-hydroxylation sites is 2. The second-order valence-corrected chi connectivity index (χ2v) is 6.77. The third-order valence-electron chi connectivity index (χ3n) is 5.12. The molecule has 1 N–H and O–H groups in total. The van der Waals surface area contributed by atoms with Crippen LogP contribution in [0.2, 0.25) is 0 Å². The normalized spacial score (nSPS) is 24.1. The second-order valence-electron chi connectivity index (χ2n) is 6.77. The lowest BCUT2D eigenvalue weighted by atomic mass is 9.93. The summed E-state index contributed by atoms with van der Waals surface area (Å²) >= 11 is 0. The first-order valence-electron chi connectivity index (χ1n) is 9.00. The molecule has 4 rings (SSSR count). The van der Waals surface area contributed by atoms with Gasteiger partial charge in [0.2, 0.25) is 5.91 Å². The predicted octanol–water partition coefficient (Wildman–Crippen LogP) is 2.67. The minimum atomic E-state index is -0.700. The maximum absolute atomic E-state index is 13.2. The number of carbonyl (C=O) groups excluding carboxylic acids is 2. The highest BCUT2D eigenvalue weighted by Crippen LogP contribution is 2.42. The highest BCUT2D eigenvalue weighted by molar-refractivity contribution is 6.12. The molecular weight excluding hydrogens is 328 g/mol. The maximum atomic E-state index is 13.2. The summed E-state index contributed by atoms with van der Waals surface area (Å²) in [5.74, 6) is -0.424. The molecule has 2 aliphatic rings. The number of hydrogen-bond acceptors (Lipinski definition) is 5. The standard InChI is InChI=1S/C20H22N4O2/c1-3-12-23-15-9-5-4-8-14(15)22-19-18(23)17(13(2)25)20(26)24(19)16-10-6-7-11-21-16/h4-11,17-19,22H,3,12H2,1-2H3/t17-,18-,19+/m0/s1. The molecule has 134 valence electrons. The first kappa shape index (κ1) is 16.6. The van der Waals surface area contributed by atoms with Crippen molar-refractivity contribution in [2.45, 2.75) is 32.5 Å². The number of amides is 1. The third kappa shape index (κ3) is 2.44. The Kier molecular flexibility index (Phi) is 4.11. The van der Waals surface area contributed by atoms with Crippen molar-refractivity contribution in [3.8, 4) is 0 Å². The number of aromatic nitrogens is 1. The number of rotatable bonds is 4. The lowest BCUT2D eigenvalue weighted by molar-refractivity contribution is -0.129. The molecule has 3 atom stereocenters. The fourth-order valence-electron chi connectivity index (χ4n) is 4.11. The molecule has 0 aliphatic carbocycles. The number of nitrogens with one attached hydrogen (secondary N) is 1. The number of carbonyl (C=O) groups is 2.